The Balaban J connectivity index is 1.52. The summed E-state index contributed by atoms with van der Waals surface area (Å²) in [6, 6.07) is 0. The number of nitrogens with zero attached hydrogens (tertiary/aromatic N) is 2. The van der Waals surface area contributed by atoms with Crippen molar-refractivity contribution in [2.45, 2.75) is 38.1 Å². The van der Waals surface area contributed by atoms with Crippen molar-refractivity contribution in [3.8, 4) is 0 Å². The maximum atomic E-state index is 4.57. The van der Waals surface area contributed by atoms with Gasteiger partial charge in [-0.05, 0) is 58.3 Å². The van der Waals surface area contributed by atoms with Gasteiger partial charge in [-0.15, -0.1) is 11.3 Å². The van der Waals surface area contributed by atoms with Gasteiger partial charge in [0.25, 0.3) is 0 Å². The summed E-state index contributed by atoms with van der Waals surface area (Å²) in [5.41, 5.74) is 3.45. The Morgan fingerprint density at radius 2 is 2.11 bits per heavy atom. The van der Waals surface area contributed by atoms with Crippen molar-refractivity contribution in [3.63, 3.8) is 0 Å². The first-order valence-corrected chi connectivity index (χ1v) is 8.04. The lowest BCUT2D eigenvalue weighted by molar-refractivity contribution is 0.177. The maximum Gasteiger partial charge on any atom is 0.0798 e. The molecule has 1 aromatic heterocycles. The van der Waals surface area contributed by atoms with Gasteiger partial charge in [0.2, 0.25) is 0 Å². The third-order valence-corrected chi connectivity index (χ3v) is 5.04. The molecule has 0 amide bonds. The molecule has 1 aromatic rings. The minimum absolute atomic E-state index is 0.799. The van der Waals surface area contributed by atoms with Gasteiger partial charge < -0.3 is 5.32 Å². The van der Waals surface area contributed by atoms with Crippen molar-refractivity contribution in [1.29, 1.82) is 0 Å². The molecule has 2 heterocycles. The smallest absolute Gasteiger partial charge is 0.0798 e. The number of likely N-dealkylation sites (tertiary alicyclic amines) is 1. The summed E-state index contributed by atoms with van der Waals surface area (Å²) in [4.78, 5) is 8.72. The molecule has 1 aliphatic carbocycles. The van der Waals surface area contributed by atoms with Crippen molar-refractivity contribution in [2.24, 2.45) is 5.92 Å². The molecule has 18 heavy (non-hydrogen) atoms. The number of hydrogen-bond donors (Lipinski definition) is 1. The average molecular weight is 265 g/mol. The van der Waals surface area contributed by atoms with E-state index in [2.05, 4.69) is 22.2 Å². The van der Waals surface area contributed by atoms with Gasteiger partial charge in [0.05, 0.1) is 11.2 Å². The van der Waals surface area contributed by atoms with Crippen LogP contribution < -0.4 is 5.32 Å². The van der Waals surface area contributed by atoms with E-state index in [-0.39, 0.29) is 0 Å². The van der Waals surface area contributed by atoms with Crippen LogP contribution in [0.15, 0.2) is 5.51 Å². The van der Waals surface area contributed by atoms with Crippen LogP contribution in [-0.2, 0) is 6.54 Å². The molecule has 3 rings (SSSR count). The molecular weight excluding hydrogens is 242 g/mol. The highest BCUT2D eigenvalue weighted by molar-refractivity contribution is 7.09. The monoisotopic (exact) mass is 265 g/mol. The number of piperidine rings is 1. The molecule has 3 nitrogen and oxygen atoms in total. The van der Waals surface area contributed by atoms with Crippen LogP contribution in [0.3, 0.4) is 0 Å². The van der Waals surface area contributed by atoms with Crippen molar-refractivity contribution >= 4 is 11.3 Å². The van der Waals surface area contributed by atoms with Gasteiger partial charge in [0, 0.05) is 17.3 Å². The van der Waals surface area contributed by atoms with Gasteiger partial charge >= 0.3 is 0 Å². The maximum absolute atomic E-state index is 4.57. The fourth-order valence-electron chi connectivity index (χ4n) is 2.93. The van der Waals surface area contributed by atoms with Gasteiger partial charge in [0.1, 0.15) is 0 Å². The summed E-state index contributed by atoms with van der Waals surface area (Å²) in [6.45, 7) is 4.84. The Labute approximate surface area is 114 Å². The van der Waals surface area contributed by atoms with Crippen molar-refractivity contribution in [2.75, 3.05) is 26.7 Å². The van der Waals surface area contributed by atoms with Gasteiger partial charge in [-0.2, -0.15) is 0 Å². The minimum Gasteiger partial charge on any atom is -0.319 e. The number of aromatic nitrogens is 1. The molecule has 0 aromatic carbocycles. The zero-order chi connectivity index (χ0) is 12.4. The van der Waals surface area contributed by atoms with E-state index in [0.29, 0.717) is 0 Å². The highest BCUT2D eigenvalue weighted by Crippen LogP contribution is 2.42. The van der Waals surface area contributed by atoms with Crippen molar-refractivity contribution in [3.05, 3.63) is 16.1 Å². The van der Waals surface area contributed by atoms with E-state index in [1.165, 1.54) is 55.9 Å². The van der Waals surface area contributed by atoms with Crippen LogP contribution in [0, 0.1) is 5.92 Å². The standard InChI is InChI=1S/C14H23N3S/c1-15-8-11-4-6-17(7-5-11)9-13-14(12-2-3-12)16-10-18-13/h10-12,15H,2-9H2,1H3. The molecule has 0 radical (unpaired) electrons. The molecule has 0 spiro atoms. The van der Waals surface area contributed by atoms with Gasteiger partial charge in [-0.1, -0.05) is 0 Å². The first-order chi connectivity index (χ1) is 8.86. The second-order valence-electron chi connectivity index (χ2n) is 5.71. The third-order valence-electron chi connectivity index (χ3n) is 4.20. The Hall–Kier alpha value is -0.450. The quantitative estimate of drug-likeness (QED) is 0.886. The van der Waals surface area contributed by atoms with Crippen molar-refractivity contribution < 1.29 is 0 Å². The van der Waals surface area contributed by atoms with Crippen LogP contribution >= 0.6 is 11.3 Å². The van der Waals surface area contributed by atoms with Gasteiger partial charge in [-0.3, -0.25) is 4.90 Å². The topological polar surface area (TPSA) is 28.2 Å². The van der Waals surface area contributed by atoms with Crippen LogP contribution in [0.25, 0.3) is 0 Å². The Morgan fingerprint density at radius 3 is 2.78 bits per heavy atom. The summed E-state index contributed by atoms with van der Waals surface area (Å²) < 4.78 is 0. The molecular formula is C14H23N3S. The number of nitrogens with one attached hydrogen (secondary N) is 1. The molecule has 1 N–H and O–H groups in total. The van der Waals surface area contributed by atoms with Crippen LogP contribution in [0.4, 0.5) is 0 Å². The van der Waals surface area contributed by atoms with Crippen LogP contribution in [0.1, 0.15) is 42.2 Å². The van der Waals surface area contributed by atoms with Crippen LogP contribution in [0.5, 0.6) is 0 Å². The number of thiazole rings is 1. The van der Waals surface area contributed by atoms with Gasteiger partial charge in [0.15, 0.2) is 0 Å². The lowest BCUT2D eigenvalue weighted by Crippen LogP contribution is -2.36. The minimum atomic E-state index is 0.799. The average Bonchev–Trinajstić information content (AvgIpc) is 3.13. The van der Waals surface area contributed by atoms with E-state index in [4.69, 9.17) is 0 Å². The summed E-state index contributed by atoms with van der Waals surface area (Å²) in [6.07, 6.45) is 5.42. The Morgan fingerprint density at radius 1 is 1.33 bits per heavy atom. The van der Waals surface area contributed by atoms with E-state index >= 15 is 0 Å². The molecule has 0 bridgehead atoms. The molecule has 4 heteroatoms. The molecule has 1 saturated heterocycles. The van der Waals surface area contributed by atoms with Crippen LogP contribution in [-0.4, -0.2) is 36.6 Å². The van der Waals surface area contributed by atoms with E-state index in [1.54, 1.807) is 0 Å². The lowest BCUT2D eigenvalue weighted by atomic mass is 9.97. The normalized spacial score (nSPS) is 22.5. The summed E-state index contributed by atoms with van der Waals surface area (Å²) in [5.74, 6) is 1.68. The Kier molecular flexibility index (Phi) is 3.97. The predicted octanol–water partition coefficient (Wildman–Crippen LogP) is 2.45. The van der Waals surface area contributed by atoms with Gasteiger partial charge in [-0.25, -0.2) is 4.98 Å². The first kappa shape index (κ1) is 12.6. The lowest BCUT2D eigenvalue weighted by Gasteiger charge is -2.31. The third kappa shape index (κ3) is 2.92. The summed E-state index contributed by atoms with van der Waals surface area (Å²) >= 11 is 1.86. The highest BCUT2D eigenvalue weighted by Gasteiger charge is 2.29. The largest absolute Gasteiger partial charge is 0.319 e. The summed E-state index contributed by atoms with van der Waals surface area (Å²) in [5, 5.41) is 3.30. The highest BCUT2D eigenvalue weighted by atomic mass is 32.1. The second kappa shape index (κ2) is 5.68. The van der Waals surface area contributed by atoms with E-state index in [0.717, 1.165) is 18.4 Å². The Bertz CT molecular complexity index is 378. The zero-order valence-electron chi connectivity index (χ0n) is 11.2. The molecule has 1 saturated carbocycles. The molecule has 2 fully saturated rings. The molecule has 0 unspecified atom stereocenters. The van der Waals surface area contributed by atoms with E-state index in [1.807, 2.05) is 16.8 Å². The molecule has 100 valence electrons. The van der Waals surface area contributed by atoms with E-state index < -0.39 is 0 Å². The van der Waals surface area contributed by atoms with Crippen LogP contribution in [0.2, 0.25) is 0 Å². The fraction of sp³-hybridized carbons (Fsp3) is 0.786. The zero-order valence-corrected chi connectivity index (χ0v) is 12.0. The first-order valence-electron chi connectivity index (χ1n) is 7.16. The number of hydrogen-bond acceptors (Lipinski definition) is 4. The molecule has 2 aliphatic rings. The second-order valence-corrected chi connectivity index (χ2v) is 6.65. The van der Waals surface area contributed by atoms with Crippen molar-refractivity contribution in [1.82, 2.24) is 15.2 Å². The molecule has 0 atom stereocenters. The summed E-state index contributed by atoms with van der Waals surface area (Å²) in [7, 11) is 2.06. The number of rotatable bonds is 5. The SMILES string of the molecule is CNCC1CCN(Cc2scnc2C2CC2)CC1. The fourth-order valence-corrected chi connectivity index (χ4v) is 3.82. The van der Waals surface area contributed by atoms with E-state index in [9.17, 15) is 0 Å². The predicted molar refractivity (Wildman–Crippen MR) is 76.0 cm³/mol. The molecule has 1 aliphatic heterocycles.